The molecule has 1 aliphatic rings. The van der Waals surface area contributed by atoms with Gasteiger partial charge in [-0.3, -0.25) is 4.79 Å². The second-order valence-electron chi connectivity index (χ2n) is 5.42. The summed E-state index contributed by atoms with van der Waals surface area (Å²) >= 11 is 0. The van der Waals surface area contributed by atoms with Crippen molar-refractivity contribution in [2.45, 2.75) is 46.0 Å². The normalized spacial score (nSPS) is 23.9. The molecule has 0 aliphatic heterocycles. The standard InChI is InChI=1S/C16H22O/c1-3-13-7-8-15(10-13)16(17)11-14-6-4-5-12(2)9-14/h4-6,9,13,15H,3,7-8,10-11H2,1-2H3. The minimum absolute atomic E-state index is 0.334. The highest BCUT2D eigenvalue weighted by atomic mass is 16.1. The molecule has 2 rings (SSSR count). The molecule has 2 unspecified atom stereocenters. The maximum atomic E-state index is 12.2. The quantitative estimate of drug-likeness (QED) is 0.766. The molecule has 0 amide bonds. The Morgan fingerprint density at radius 3 is 2.82 bits per heavy atom. The SMILES string of the molecule is CCC1CCC(C(=O)Cc2cccc(C)c2)C1. The minimum Gasteiger partial charge on any atom is -0.299 e. The predicted octanol–water partition coefficient (Wildman–Crippen LogP) is 3.93. The average molecular weight is 230 g/mol. The van der Waals surface area contributed by atoms with Crippen molar-refractivity contribution in [3.63, 3.8) is 0 Å². The molecule has 0 N–H and O–H groups in total. The Labute approximate surface area is 104 Å². The Kier molecular flexibility index (Phi) is 3.98. The van der Waals surface area contributed by atoms with Gasteiger partial charge in [0.05, 0.1) is 0 Å². The van der Waals surface area contributed by atoms with Crippen molar-refractivity contribution in [2.75, 3.05) is 0 Å². The monoisotopic (exact) mass is 230 g/mol. The van der Waals surface area contributed by atoms with E-state index in [1.165, 1.54) is 24.0 Å². The Morgan fingerprint density at radius 1 is 1.35 bits per heavy atom. The lowest BCUT2D eigenvalue weighted by Crippen LogP contribution is -2.14. The summed E-state index contributed by atoms with van der Waals surface area (Å²) in [6.45, 7) is 4.31. The topological polar surface area (TPSA) is 17.1 Å². The molecule has 1 aliphatic carbocycles. The highest BCUT2D eigenvalue weighted by Crippen LogP contribution is 2.33. The van der Waals surface area contributed by atoms with E-state index in [1.54, 1.807) is 0 Å². The fraction of sp³-hybridized carbons (Fsp3) is 0.562. The van der Waals surface area contributed by atoms with E-state index >= 15 is 0 Å². The van der Waals surface area contributed by atoms with Crippen molar-refractivity contribution in [1.82, 2.24) is 0 Å². The van der Waals surface area contributed by atoms with Gasteiger partial charge in [-0.1, -0.05) is 43.2 Å². The van der Waals surface area contributed by atoms with Gasteiger partial charge < -0.3 is 0 Å². The first-order valence-corrected chi connectivity index (χ1v) is 6.77. The molecule has 1 saturated carbocycles. The van der Waals surface area contributed by atoms with E-state index in [0.29, 0.717) is 18.1 Å². The predicted molar refractivity (Wildman–Crippen MR) is 71.0 cm³/mol. The van der Waals surface area contributed by atoms with Crippen molar-refractivity contribution in [1.29, 1.82) is 0 Å². The number of carbonyl (C=O) groups excluding carboxylic acids is 1. The van der Waals surface area contributed by atoms with Gasteiger partial charge >= 0.3 is 0 Å². The van der Waals surface area contributed by atoms with E-state index in [4.69, 9.17) is 0 Å². The minimum atomic E-state index is 0.334. The molecule has 0 saturated heterocycles. The van der Waals surface area contributed by atoms with E-state index in [2.05, 4.69) is 32.0 Å². The number of rotatable bonds is 4. The fourth-order valence-corrected chi connectivity index (χ4v) is 2.91. The first-order valence-electron chi connectivity index (χ1n) is 6.77. The zero-order chi connectivity index (χ0) is 12.3. The van der Waals surface area contributed by atoms with Crippen molar-refractivity contribution in [2.24, 2.45) is 11.8 Å². The van der Waals surface area contributed by atoms with Crippen molar-refractivity contribution < 1.29 is 4.79 Å². The third-order valence-electron chi connectivity index (χ3n) is 4.03. The molecule has 2 atom stereocenters. The largest absolute Gasteiger partial charge is 0.299 e. The zero-order valence-electron chi connectivity index (χ0n) is 10.9. The molecule has 1 aromatic rings. The Morgan fingerprint density at radius 2 is 2.18 bits per heavy atom. The molecule has 0 spiro atoms. The maximum absolute atomic E-state index is 12.2. The molecule has 0 aromatic heterocycles. The van der Waals surface area contributed by atoms with E-state index in [-0.39, 0.29) is 0 Å². The summed E-state index contributed by atoms with van der Waals surface area (Å²) in [5.41, 5.74) is 2.42. The van der Waals surface area contributed by atoms with Gasteiger partial charge in [-0.25, -0.2) is 0 Å². The number of aryl methyl sites for hydroxylation is 1. The second-order valence-corrected chi connectivity index (χ2v) is 5.42. The van der Waals surface area contributed by atoms with Crippen LogP contribution in [-0.4, -0.2) is 5.78 Å². The Hall–Kier alpha value is -1.11. The summed E-state index contributed by atoms with van der Waals surface area (Å²) < 4.78 is 0. The number of ketones is 1. The Balaban J connectivity index is 1.93. The lowest BCUT2D eigenvalue weighted by Gasteiger charge is -2.09. The van der Waals surface area contributed by atoms with E-state index in [0.717, 1.165) is 18.8 Å². The van der Waals surface area contributed by atoms with Gasteiger partial charge in [0.25, 0.3) is 0 Å². The van der Waals surface area contributed by atoms with Gasteiger partial charge in [0.15, 0.2) is 0 Å². The highest BCUT2D eigenvalue weighted by Gasteiger charge is 2.28. The van der Waals surface area contributed by atoms with Crippen LogP contribution in [0.3, 0.4) is 0 Å². The molecule has 0 heterocycles. The number of hydrogen-bond donors (Lipinski definition) is 0. The van der Waals surface area contributed by atoms with Crippen LogP contribution in [0.5, 0.6) is 0 Å². The number of carbonyl (C=O) groups is 1. The lowest BCUT2D eigenvalue weighted by atomic mass is 9.94. The van der Waals surface area contributed by atoms with E-state index in [9.17, 15) is 4.79 Å². The van der Waals surface area contributed by atoms with Crippen LogP contribution in [0.1, 0.15) is 43.7 Å². The zero-order valence-corrected chi connectivity index (χ0v) is 10.9. The maximum Gasteiger partial charge on any atom is 0.140 e. The summed E-state index contributed by atoms with van der Waals surface area (Å²) in [4.78, 5) is 12.2. The van der Waals surface area contributed by atoms with Crippen molar-refractivity contribution in [3.8, 4) is 0 Å². The molecule has 92 valence electrons. The van der Waals surface area contributed by atoms with E-state index in [1.807, 2.05) is 6.07 Å². The third kappa shape index (κ3) is 3.18. The summed E-state index contributed by atoms with van der Waals surface area (Å²) in [5, 5.41) is 0. The van der Waals surface area contributed by atoms with Crippen LogP contribution in [0.2, 0.25) is 0 Å². The van der Waals surface area contributed by atoms with Crippen LogP contribution < -0.4 is 0 Å². The summed E-state index contributed by atoms with van der Waals surface area (Å²) in [6, 6.07) is 8.32. The van der Waals surface area contributed by atoms with Crippen LogP contribution in [0.15, 0.2) is 24.3 Å². The number of benzene rings is 1. The lowest BCUT2D eigenvalue weighted by molar-refractivity contribution is -0.122. The van der Waals surface area contributed by atoms with Crippen LogP contribution >= 0.6 is 0 Å². The van der Waals surface area contributed by atoms with Crippen molar-refractivity contribution in [3.05, 3.63) is 35.4 Å². The van der Waals surface area contributed by atoms with E-state index < -0.39 is 0 Å². The smallest absolute Gasteiger partial charge is 0.140 e. The molecule has 1 heteroatoms. The second kappa shape index (κ2) is 5.48. The molecular weight excluding hydrogens is 208 g/mol. The third-order valence-corrected chi connectivity index (χ3v) is 4.03. The van der Waals surface area contributed by atoms with Gasteiger partial charge in [0.1, 0.15) is 5.78 Å². The first-order chi connectivity index (χ1) is 8.19. The van der Waals surface area contributed by atoms with Gasteiger partial charge in [-0.05, 0) is 37.7 Å². The summed E-state index contributed by atoms with van der Waals surface area (Å²) in [6.07, 6.45) is 5.35. The van der Waals surface area contributed by atoms with Gasteiger partial charge in [-0.15, -0.1) is 0 Å². The molecule has 0 bridgehead atoms. The summed E-state index contributed by atoms with van der Waals surface area (Å²) in [5.74, 6) is 1.58. The van der Waals surface area contributed by atoms with Crippen molar-refractivity contribution >= 4 is 5.78 Å². The molecule has 1 fully saturated rings. The molecule has 0 radical (unpaired) electrons. The van der Waals surface area contributed by atoms with Crippen LogP contribution in [0.25, 0.3) is 0 Å². The molecule has 1 nitrogen and oxygen atoms in total. The van der Waals surface area contributed by atoms with Gasteiger partial charge in [-0.2, -0.15) is 0 Å². The van der Waals surface area contributed by atoms with Gasteiger partial charge in [0, 0.05) is 12.3 Å². The average Bonchev–Trinajstić information content (AvgIpc) is 2.77. The highest BCUT2D eigenvalue weighted by molar-refractivity contribution is 5.83. The molecular formula is C16H22O. The number of hydrogen-bond acceptors (Lipinski definition) is 1. The molecule has 1 aromatic carbocycles. The number of Topliss-reactive ketones (excluding diaryl/α,β-unsaturated/α-hetero) is 1. The van der Waals surface area contributed by atoms with Crippen LogP contribution in [0.4, 0.5) is 0 Å². The summed E-state index contributed by atoms with van der Waals surface area (Å²) in [7, 11) is 0. The Bertz CT molecular complexity index is 394. The first kappa shape index (κ1) is 12.3. The van der Waals surface area contributed by atoms with Gasteiger partial charge in [0.2, 0.25) is 0 Å². The molecule has 17 heavy (non-hydrogen) atoms. The van der Waals surface area contributed by atoms with Crippen LogP contribution in [0, 0.1) is 18.8 Å². The fourth-order valence-electron chi connectivity index (χ4n) is 2.91. The van der Waals surface area contributed by atoms with Crippen LogP contribution in [-0.2, 0) is 11.2 Å².